The number of anilines is 2. The van der Waals surface area contributed by atoms with Crippen LogP contribution >= 0.6 is 0 Å². The summed E-state index contributed by atoms with van der Waals surface area (Å²) in [5.74, 6) is 0. The molecular weight excluding hydrogens is 200 g/mol. The number of hydrogen-bond acceptors (Lipinski definition) is 4. The molecule has 4 heteroatoms. The van der Waals surface area contributed by atoms with Crippen molar-refractivity contribution < 1.29 is 0 Å². The van der Waals surface area contributed by atoms with Crippen LogP contribution in [-0.2, 0) is 0 Å². The minimum absolute atomic E-state index is 0.283. The maximum absolute atomic E-state index is 8.98. The predicted octanol–water partition coefficient (Wildman–Crippen LogP) is 1.50. The maximum atomic E-state index is 8.98. The lowest BCUT2D eigenvalue weighted by molar-refractivity contribution is 0.392. The molecule has 1 atom stereocenters. The third kappa shape index (κ3) is 3.44. The SMILES string of the molecule is CC(CN(C)C)Nc1ccc(N)cc1C#N. The fourth-order valence-corrected chi connectivity index (χ4v) is 1.64. The van der Waals surface area contributed by atoms with Crippen molar-refractivity contribution in [3.05, 3.63) is 23.8 Å². The Hall–Kier alpha value is -1.73. The Kier molecular flexibility index (Phi) is 4.15. The zero-order valence-corrected chi connectivity index (χ0v) is 9.99. The molecule has 0 aliphatic rings. The van der Waals surface area contributed by atoms with Gasteiger partial charge in [0.1, 0.15) is 6.07 Å². The highest BCUT2D eigenvalue weighted by Gasteiger charge is 2.07. The summed E-state index contributed by atoms with van der Waals surface area (Å²) in [4.78, 5) is 2.10. The minimum atomic E-state index is 0.283. The molecule has 0 saturated carbocycles. The molecule has 86 valence electrons. The normalized spacial score (nSPS) is 12.2. The molecule has 0 aliphatic heterocycles. The van der Waals surface area contributed by atoms with Crippen LogP contribution in [0.25, 0.3) is 0 Å². The van der Waals surface area contributed by atoms with E-state index in [1.165, 1.54) is 0 Å². The molecule has 1 aromatic rings. The average molecular weight is 218 g/mol. The number of hydrogen-bond donors (Lipinski definition) is 2. The van der Waals surface area contributed by atoms with Crippen LogP contribution in [0.5, 0.6) is 0 Å². The Morgan fingerprint density at radius 1 is 1.50 bits per heavy atom. The Morgan fingerprint density at radius 3 is 2.75 bits per heavy atom. The summed E-state index contributed by atoms with van der Waals surface area (Å²) in [5.41, 5.74) is 7.67. The van der Waals surface area contributed by atoms with Gasteiger partial charge in [-0.05, 0) is 39.2 Å². The van der Waals surface area contributed by atoms with Gasteiger partial charge >= 0.3 is 0 Å². The highest BCUT2D eigenvalue weighted by Crippen LogP contribution is 2.18. The van der Waals surface area contributed by atoms with E-state index in [-0.39, 0.29) is 6.04 Å². The van der Waals surface area contributed by atoms with Crippen molar-refractivity contribution in [2.75, 3.05) is 31.7 Å². The van der Waals surface area contributed by atoms with E-state index in [2.05, 4.69) is 23.2 Å². The van der Waals surface area contributed by atoms with Gasteiger partial charge < -0.3 is 16.0 Å². The number of nitriles is 1. The Balaban J connectivity index is 2.77. The Labute approximate surface area is 96.7 Å². The highest BCUT2D eigenvalue weighted by molar-refractivity contribution is 5.63. The summed E-state index contributed by atoms with van der Waals surface area (Å²) in [6.07, 6.45) is 0. The highest BCUT2D eigenvalue weighted by atomic mass is 15.1. The van der Waals surface area contributed by atoms with Crippen LogP contribution in [0.1, 0.15) is 12.5 Å². The molecule has 0 fully saturated rings. The fourth-order valence-electron chi connectivity index (χ4n) is 1.64. The summed E-state index contributed by atoms with van der Waals surface area (Å²) >= 11 is 0. The van der Waals surface area contributed by atoms with Crippen molar-refractivity contribution in [1.29, 1.82) is 5.26 Å². The largest absolute Gasteiger partial charge is 0.399 e. The molecule has 16 heavy (non-hydrogen) atoms. The molecular formula is C12H18N4. The van der Waals surface area contributed by atoms with Crippen LogP contribution in [0.3, 0.4) is 0 Å². The molecule has 4 nitrogen and oxygen atoms in total. The lowest BCUT2D eigenvalue weighted by atomic mass is 10.1. The number of rotatable bonds is 4. The van der Waals surface area contributed by atoms with Crippen LogP contribution in [0, 0.1) is 11.3 Å². The zero-order valence-electron chi connectivity index (χ0n) is 9.99. The number of nitrogen functional groups attached to an aromatic ring is 1. The van der Waals surface area contributed by atoms with E-state index in [0.29, 0.717) is 11.3 Å². The van der Waals surface area contributed by atoms with Crippen LogP contribution in [0.4, 0.5) is 11.4 Å². The first-order valence-corrected chi connectivity index (χ1v) is 5.24. The van der Waals surface area contributed by atoms with Crippen LogP contribution in [0.15, 0.2) is 18.2 Å². The number of nitrogens with two attached hydrogens (primary N) is 1. The monoisotopic (exact) mass is 218 g/mol. The predicted molar refractivity (Wildman–Crippen MR) is 67.2 cm³/mol. The first-order valence-electron chi connectivity index (χ1n) is 5.24. The average Bonchev–Trinajstić information content (AvgIpc) is 2.19. The van der Waals surface area contributed by atoms with Gasteiger partial charge in [-0.15, -0.1) is 0 Å². The van der Waals surface area contributed by atoms with Crippen molar-refractivity contribution in [2.45, 2.75) is 13.0 Å². The van der Waals surface area contributed by atoms with Crippen molar-refractivity contribution >= 4 is 11.4 Å². The van der Waals surface area contributed by atoms with E-state index in [1.54, 1.807) is 12.1 Å². The zero-order chi connectivity index (χ0) is 12.1. The third-order valence-electron chi connectivity index (χ3n) is 2.20. The Morgan fingerprint density at radius 2 is 2.19 bits per heavy atom. The van der Waals surface area contributed by atoms with E-state index < -0.39 is 0 Å². The maximum Gasteiger partial charge on any atom is 0.101 e. The van der Waals surface area contributed by atoms with Gasteiger partial charge in [-0.1, -0.05) is 0 Å². The smallest absolute Gasteiger partial charge is 0.101 e. The van der Waals surface area contributed by atoms with E-state index in [1.807, 2.05) is 20.2 Å². The van der Waals surface area contributed by atoms with Crippen molar-refractivity contribution in [2.24, 2.45) is 0 Å². The number of likely N-dealkylation sites (N-methyl/N-ethyl adjacent to an activating group) is 1. The molecule has 1 aromatic carbocycles. The Bertz CT molecular complexity index is 392. The summed E-state index contributed by atoms with van der Waals surface area (Å²) in [6.45, 7) is 2.99. The van der Waals surface area contributed by atoms with Gasteiger partial charge in [0.25, 0.3) is 0 Å². The lowest BCUT2D eigenvalue weighted by Crippen LogP contribution is -2.29. The summed E-state index contributed by atoms with van der Waals surface area (Å²) in [5, 5.41) is 12.3. The molecule has 0 saturated heterocycles. The van der Waals surface area contributed by atoms with E-state index >= 15 is 0 Å². The first kappa shape index (κ1) is 12.3. The van der Waals surface area contributed by atoms with Gasteiger partial charge in [0, 0.05) is 18.3 Å². The minimum Gasteiger partial charge on any atom is -0.399 e. The molecule has 0 amide bonds. The molecule has 0 spiro atoms. The second-order valence-corrected chi connectivity index (χ2v) is 4.22. The summed E-state index contributed by atoms with van der Waals surface area (Å²) < 4.78 is 0. The lowest BCUT2D eigenvalue weighted by Gasteiger charge is -2.20. The van der Waals surface area contributed by atoms with Gasteiger partial charge in [0.05, 0.1) is 11.3 Å². The third-order valence-corrected chi connectivity index (χ3v) is 2.20. The van der Waals surface area contributed by atoms with Crippen LogP contribution < -0.4 is 11.1 Å². The van der Waals surface area contributed by atoms with Crippen molar-refractivity contribution in [3.63, 3.8) is 0 Å². The van der Waals surface area contributed by atoms with E-state index in [9.17, 15) is 0 Å². The number of benzene rings is 1. The quantitative estimate of drug-likeness (QED) is 0.752. The molecule has 3 N–H and O–H groups in total. The van der Waals surface area contributed by atoms with Gasteiger partial charge in [-0.3, -0.25) is 0 Å². The fraction of sp³-hybridized carbons (Fsp3) is 0.417. The van der Waals surface area contributed by atoms with E-state index in [0.717, 1.165) is 12.2 Å². The van der Waals surface area contributed by atoms with Gasteiger partial charge in [0.2, 0.25) is 0 Å². The van der Waals surface area contributed by atoms with Gasteiger partial charge in [0.15, 0.2) is 0 Å². The molecule has 1 unspecified atom stereocenters. The van der Waals surface area contributed by atoms with Crippen LogP contribution in [0.2, 0.25) is 0 Å². The standard InChI is InChI=1S/C12H18N4/c1-9(8-16(2)3)15-12-5-4-11(14)6-10(12)7-13/h4-6,9,15H,8,14H2,1-3H3. The molecule has 0 bridgehead atoms. The van der Waals surface area contributed by atoms with Crippen LogP contribution in [-0.4, -0.2) is 31.6 Å². The van der Waals surface area contributed by atoms with Crippen molar-refractivity contribution in [3.8, 4) is 6.07 Å². The molecule has 0 aliphatic carbocycles. The molecule has 0 heterocycles. The first-order chi connectivity index (χ1) is 7.52. The second kappa shape index (κ2) is 5.38. The van der Waals surface area contributed by atoms with Crippen molar-refractivity contribution in [1.82, 2.24) is 4.90 Å². The van der Waals surface area contributed by atoms with Gasteiger partial charge in [-0.2, -0.15) is 5.26 Å². The number of nitrogens with one attached hydrogen (secondary N) is 1. The van der Waals surface area contributed by atoms with Gasteiger partial charge in [-0.25, -0.2) is 0 Å². The summed E-state index contributed by atoms with van der Waals surface area (Å²) in [7, 11) is 4.04. The molecule has 0 radical (unpaired) electrons. The second-order valence-electron chi connectivity index (χ2n) is 4.22. The topological polar surface area (TPSA) is 65.1 Å². The van der Waals surface area contributed by atoms with E-state index in [4.69, 9.17) is 11.0 Å². The number of nitrogens with zero attached hydrogens (tertiary/aromatic N) is 2. The molecule has 1 rings (SSSR count). The summed E-state index contributed by atoms with van der Waals surface area (Å²) in [6, 6.07) is 7.75. The molecule has 0 aromatic heterocycles.